The number of anilines is 1. The molecule has 3 N–H and O–H groups in total. The van der Waals surface area contributed by atoms with Crippen molar-refractivity contribution in [3.05, 3.63) is 30.0 Å². The summed E-state index contributed by atoms with van der Waals surface area (Å²) in [4.78, 5) is 0. The van der Waals surface area contributed by atoms with Crippen LogP contribution in [0.1, 0.15) is 19.5 Å². The van der Waals surface area contributed by atoms with Crippen LogP contribution in [0.3, 0.4) is 0 Å². The van der Waals surface area contributed by atoms with Crippen LogP contribution in [0.2, 0.25) is 0 Å². The van der Waals surface area contributed by atoms with E-state index in [0.29, 0.717) is 0 Å². The van der Waals surface area contributed by atoms with Crippen LogP contribution in [0.4, 0.5) is 5.69 Å². The van der Waals surface area contributed by atoms with Gasteiger partial charge in [0, 0.05) is 29.9 Å². The van der Waals surface area contributed by atoms with Crippen molar-refractivity contribution in [3.63, 3.8) is 0 Å². The van der Waals surface area contributed by atoms with Gasteiger partial charge in [-0.05, 0) is 31.7 Å². The van der Waals surface area contributed by atoms with Gasteiger partial charge in [0.25, 0.3) is 0 Å². The number of nitrogens with two attached hydrogens (primary N) is 1. The smallest absolute Gasteiger partial charge is 0.0503 e. The van der Waals surface area contributed by atoms with E-state index in [-0.39, 0.29) is 0 Å². The molecule has 3 heteroatoms. The van der Waals surface area contributed by atoms with E-state index in [1.165, 1.54) is 11.2 Å². The molecule has 86 valence electrons. The molecule has 0 spiro atoms. The average Bonchev–Trinajstić information content (AvgIpc) is 2.65. The van der Waals surface area contributed by atoms with Gasteiger partial charge in [-0.3, -0.25) is 0 Å². The molecule has 0 saturated heterocycles. The third-order valence-corrected chi connectivity index (χ3v) is 2.94. The number of aromatic nitrogens is 1. The molecule has 0 aliphatic heterocycles. The van der Waals surface area contributed by atoms with Crippen LogP contribution in [-0.2, 0) is 13.1 Å². The van der Waals surface area contributed by atoms with E-state index >= 15 is 0 Å². The first-order chi connectivity index (χ1) is 7.77. The topological polar surface area (TPSA) is 43.0 Å². The Balaban J connectivity index is 2.52. The summed E-state index contributed by atoms with van der Waals surface area (Å²) in [6.07, 6.45) is 0. The van der Waals surface area contributed by atoms with E-state index in [9.17, 15) is 0 Å². The molecule has 1 heterocycles. The van der Waals surface area contributed by atoms with Crippen molar-refractivity contribution in [2.45, 2.75) is 26.9 Å². The highest BCUT2D eigenvalue weighted by Gasteiger charge is 2.08. The van der Waals surface area contributed by atoms with Gasteiger partial charge in [-0.1, -0.05) is 13.0 Å². The Labute approximate surface area is 96.2 Å². The second kappa shape index (κ2) is 4.58. The van der Waals surface area contributed by atoms with Crippen LogP contribution in [0, 0.1) is 0 Å². The second-order valence-electron chi connectivity index (χ2n) is 3.94. The minimum atomic E-state index is 0.863. The van der Waals surface area contributed by atoms with Gasteiger partial charge in [0.2, 0.25) is 0 Å². The molecule has 0 bridgehead atoms. The van der Waals surface area contributed by atoms with E-state index in [1.807, 2.05) is 12.1 Å². The van der Waals surface area contributed by atoms with E-state index in [1.54, 1.807) is 0 Å². The molecular formula is C13H19N3. The maximum atomic E-state index is 5.99. The highest BCUT2D eigenvalue weighted by molar-refractivity contribution is 5.92. The SMILES string of the molecule is CCNCc1cc2c(N)cccc2n1CC. The lowest BCUT2D eigenvalue weighted by Gasteiger charge is -2.08. The Hall–Kier alpha value is -1.48. The summed E-state index contributed by atoms with van der Waals surface area (Å²) in [6.45, 7) is 7.15. The number of aryl methyl sites for hydroxylation is 1. The van der Waals surface area contributed by atoms with Crippen molar-refractivity contribution in [1.29, 1.82) is 0 Å². The zero-order chi connectivity index (χ0) is 11.5. The fourth-order valence-corrected chi connectivity index (χ4v) is 2.14. The lowest BCUT2D eigenvalue weighted by atomic mass is 10.2. The normalized spacial score (nSPS) is 11.1. The molecule has 1 aromatic heterocycles. The molecule has 0 aliphatic carbocycles. The van der Waals surface area contributed by atoms with Crippen molar-refractivity contribution in [3.8, 4) is 0 Å². The van der Waals surface area contributed by atoms with E-state index in [0.717, 1.165) is 30.7 Å². The molecule has 0 aliphatic rings. The standard InChI is InChI=1S/C13H19N3/c1-3-15-9-10-8-11-12(14)6-5-7-13(11)16(10)4-2/h5-8,15H,3-4,9,14H2,1-2H3. The van der Waals surface area contributed by atoms with Gasteiger partial charge in [0.15, 0.2) is 0 Å². The minimum absolute atomic E-state index is 0.863. The molecule has 0 saturated carbocycles. The molecule has 0 radical (unpaired) electrons. The quantitative estimate of drug-likeness (QED) is 0.772. The van der Waals surface area contributed by atoms with Crippen LogP contribution in [-0.4, -0.2) is 11.1 Å². The molecule has 0 unspecified atom stereocenters. The number of hydrogen-bond donors (Lipinski definition) is 2. The van der Waals surface area contributed by atoms with Gasteiger partial charge < -0.3 is 15.6 Å². The van der Waals surface area contributed by atoms with Crippen molar-refractivity contribution in [1.82, 2.24) is 9.88 Å². The van der Waals surface area contributed by atoms with E-state index in [4.69, 9.17) is 5.73 Å². The Bertz CT molecular complexity index is 485. The highest BCUT2D eigenvalue weighted by atomic mass is 15.0. The van der Waals surface area contributed by atoms with Crippen molar-refractivity contribution < 1.29 is 0 Å². The summed E-state index contributed by atoms with van der Waals surface area (Å²) in [5, 5.41) is 4.52. The Morgan fingerprint density at radius 2 is 2.12 bits per heavy atom. The highest BCUT2D eigenvalue weighted by Crippen LogP contribution is 2.25. The summed E-state index contributed by atoms with van der Waals surface area (Å²) in [5.74, 6) is 0. The number of fused-ring (bicyclic) bond motifs is 1. The first-order valence-corrected chi connectivity index (χ1v) is 5.85. The molecule has 0 amide bonds. The van der Waals surface area contributed by atoms with Crippen LogP contribution in [0.15, 0.2) is 24.3 Å². The van der Waals surface area contributed by atoms with Gasteiger partial charge in [0.05, 0.1) is 5.52 Å². The predicted octanol–water partition coefficient (Wildman–Crippen LogP) is 2.35. The van der Waals surface area contributed by atoms with Gasteiger partial charge in [-0.2, -0.15) is 0 Å². The van der Waals surface area contributed by atoms with Crippen LogP contribution >= 0.6 is 0 Å². The first kappa shape index (κ1) is 11.0. The molecule has 16 heavy (non-hydrogen) atoms. The summed E-state index contributed by atoms with van der Waals surface area (Å²) in [5.41, 5.74) is 9.39. The summed E-state index contributed by atoms with van der Waals surface area (Å²) in [7, 11) is 0. The van der Waals surface area contributed by atoms with Crippen LogP contribution in [0.5, 0.6) is 0 Å². The maximum absolute atomic E-state index is 5.99. The van der Waals surface area contributed by atoms with E-state index in [2.05, 4.69) is 35.9 Å². The van der Waals surface area contributed by atoms with Crippen molar-refractivity contribution >= 4 is 16.6 Å². The third kappa shape index (κ3) is 1.78. The number of hydrogen-bond acceptors (Lipinski definition) is 2. The molecule has 2 rings (SSSR count). The Morgan fingerprint density at radius 1 is 1.31 bits per heavy atom. The summed E-state index contributed by atoms with van der Waals surface area (Å²) >= 11 is 0. The minimum Gasteiger partial charge on any atom is -0.398 e. The molecule has 3 nitrogen and oxygen atoms in total. The maximum Gasteiger partial charge on any atom is 0.0503 e. The average molecular weight is 217 g/mol. The zero-order valence-corrected chi connectivity index (χ0v) is 9.96. The molecule has 0 fully saturated rings. The van der Waals surface area contributed by atoms with Crippen molar-refractivity contribution in [2.24, 2.45) is 0 Å². The van der Waals surface area contributed by atoms with Gasteiger partial charge in [-0.25, -0.2) is 0 Å². The molecular weight excluding hydrogens is 198 g/mol. The largest absolute Gasteiger partial charge is 0.398 e. The van der Waals surface area contributed by atoms with Crippen LogP contribution < -0.4 is 11.1 Å². The number of benzene rings is 1. The Morgan fingerprint density at radius 3 is 2.81 bits per heavy atom. The lowest BCUT2D eigenvalue weighted by molar-refractivity contribution is 0.656. The third-order valence-electron chi connectivity index (χ3n) is 2.94. The lowest BCUT2D eigenvalue weighted by Crippen LogP contribution is -2.14. The zero-order valence-electron chi connectivity index (χ0n) is 9.96. The summed E-state index contributed by atoms with van der Waals surface area (Å²) < 4.78 is 2.31. The molecule has 0 atom stereocenters. The van der Waals surface area contributed by atoms with E-state index < -0.39 is 0 Å². The van der Waals surface area contributed by atoms with Gasteiger partial charge in [-0.15, -0.1) is 0 Å². The van der Waals surface area contributed by atoms with Crippen molar-refractivity contribution in [2.75, 3.05) is 12.3 Å². The predicted molar refractivity (Wildman–Crippen MR) is 69.4 cm³/mol. The number of nitrogen functional groups attached to an aromatic ring is 1. The second-order valence-corrected chi connectivity index (χ2v) is 3.94. The first-order valence-electron chi connectivity index (χ1n) is 5.85. The number of nitrogens with one attached hydrogen (secondary N) is 1. The fraction of sp³-hybridized carbons (Fsp3) is 0.385. The number of nitrogens with zero attached hydrogens (tertiary/aromatic N) is 1. The van der Waals surface area contributed by atoms with Gasteiger partial charge >= 0.3 is 0 Å². The summed E-state index contributed by atoms with van der Waals surface area (Å²) in [6, 6.07) is 8.29. The van der Waals surface area contributed by atoms with Gasteiger partial charge in [0.1, 0.15) is 0 Å². The Kier molecular flexibility index (Phi) is 3.15. The fourth-order valence-electron chi connectivity index (χ4n) is 2.14. The monoisotopic (exact) mass is 217 g/mol. The molecule has 1 aromatic carbocycles. The van der Waals surface area contributed by atoms with Crippen LogP contribution in [0.25, 0.3) is 10.9 Å². The number of rotatable bonds is 4. The molecule has 2 aromatic rings.